The average molecular weight is 351 g/mol. The fraction of sp³-hybridized carbons (Fsp3) is 0.650. The Morgan fingerprint density at radius 1 is 1.25 bits per heavy atom. The number of carbonyl (C=O) groups excluding carboxylic acids is 1. The maximum atomic E-state index is 13.1. The van der Waals surface area contributed by atoms with E-state index in [9.17, 15) is 4.79 Å². The van der Waals surface area contributed by atoms with Crippen molar-refractivity contribution in [3.63, 3.8) is 0 Å². The molecular formula is C20H31ClN2O. The lowest BCUT2D eigenvalue weighted by Gasteiger charge is -2.39. The number of hydrogen-bond acceptors (Lipinski definition) is 2. The van der Waals surface area contributed by atoms with Gasteiger partial charge < -0.3 is 10.2 Å². The molecule has 0 saturated carbocycles. The summed E-state index contributed by atoms with van der Waals surface area (Å²) in [5, 5.41) is 3.46. The Labute approximate surface area is 152 Å². The molecule has 0 bridgehead atoms. The monoisotopic (exact) mass is 350 g/mol. The summed E-state index contributed by atoms with van der Waals surface area (Å²) in [5.41, 5.74) is 2.92. The first-order valence-corrected chi connectivity index (χ1v) is 9.29. The van der Waals surface area contributed by atoms with Crippen LogP contribution in [-0.2, 0) is 17.6 Å². The van der Waals surface area contributed by atoms with Gasteiger partial charge >= 0.3 is 0 Å². The van der Waals surface area contributed by atoms with E-state index in [1.807, 2.05) is 0 Å². The molecule has 1 amide bonds. The van der Waals surface area contributed by atoms with Crippen molar-refractivity contribution in [3.8, 4) is 0 Å². The van der Waals surface area contributed by atoms with Crippen LogP contribution in [0.1, 0.15) is 50.7 Å². The Morgan fingerprint density at radius 2 is 2.00 bits per heavy atom. The topological polar surface area (TPSA) is 32.3 Å². The molecule has 1 aliphatic carbocycles. The minimum atomic E-state index is 0. The van der Waals surface area contributed by atoms with Gasteiger partial charge in [0, 0.05) is 24.5 Å². The van der Waals surface area contributed by atoms with E-state index in [1.165, 1.54) is 11.1 Å². The average Bonchev–Trinajstić information content (AvgIpc) is 2.58. The third-order valence-corrected chi connectivity index (χ3v) is 5.48. The molecule has 0 aromatic heterocycles. The van der Waals surface area contributed by atoms with Crippen molar-refractivity contribution in [1.82, 2.24) is 10.2 Å². The zero-order valence-corrected chi connectivity index (χ0v) is 15.8. The summed E-state index contributed by atoms with van der Waals surface area (Å²) in [4.78, 5) is 15.4. The molecule has 0 spiro atoms. The molecule has 3 atom stereocenters. The molecular weight excluding hydrogens is 320 g/mol. The fourth-order valence-corrected chi connectivity index (χ4v) is 4.25. The van der Waals surface area contributed by atoms with Crippen molar-refractivity contribution in [2.75, 3.05) is 13.1 Å². The number of hydrogen-bond donors (Lipinski definition) is 1. The molecule has 1 aliphatic heterocycles. The lowest BCUT2D eigenvalue weighted by atomic mass is 9.85. The normalized spacial score (nSPS) is 26.2. The van der Waals surface area contributed by atoms with Crippen molar-refractivity contribution in [2.24, 2.45) is 5.92 Å². The number of halogens is 1. The maximum absolute atomic E-state index is 13.1. The van der Waals surface area contributed by atoms with Gasteiger partial charge in [-0.05, 0) is 63.1 Å². The predicted octanol–water partition coefficient (Wildman–Crippen LogP) is 3.59. The van der Waals surface area contributed by atoms with Gasteiger partial charge in [-0.2, -0.15) is 0 Å². The molecule has 1 heterocycles. The van der Waals surface area contributed by atoms with Crippen LogP contribution < -0.4 is 5.32 Å². The Balaban J connectivity index is 0.00000208. The largest absolute Gasteiger partial charge is 0.339 e. The fourth-order valence-electron chi connectivity index (χ4n) is 4.25. The van der Waals surface area contributed by atoms with E-state index in [0.29, 0.717) is 18.0 Å². The van der Waals surface area contributed by atoms with Crippen molar-refractivity contribution in [2.45, 2.75) is 64.5 Å². The number of piperidine rings is 1. The summed E-state index contributed by atoms with van der Waals surface area (Å²) in [5.74, 6) is 0.625. The Kier molecular flexibility index (Phi) is 7.12. The van der Waals surface area contributed by atoms with Gasteiger partial charge in [-0.3, -0.25) is 4.79 Å². The highest BCUT2D eigenvalue weighted by atomic mass is 35.5. The number of amides is 1. The van der Waals surface area contributed by atoms with E-state index in [-0.39, 0.29) is 18.3 Å². The zero-order chi connectivity index (χ0) is 16.2. The summed E-state index contributed by atoms with van der Waals surface area (Å²) in [7, 11) is 0. The van der Waals surface area contributed by atoms with Crippen LogP contribution in [0.5, 0.6) is 0 Å². The summed E-state index contributed by atoms with van der Waals surface area (Å²) < 4.78 is 0. The van der Waals surface area contributed by atoms with Gasteiger partial charge in [0.1, 0.15) is 0 Å². The van der Waals surface area contributed by atoms with Crippen LogP contribution in [0.4, 0.5) is 0 Å². The molecule has 1 unspecified atom stereocenters. The highest BCUT2D eigenvalue weighted by Crippen LogP contribution is 2.27. The Bertz CT molecular complexity index is 548. The highest BCUT2D eigenvalue weighted by Gasteiger charge is 2.33. The predicted molar refractivity (Wildman–Crippen MR) is 102 cm³/mol. The van der Waals surface area contributed by atoms with Crippen LogP contribution >= 0.6 is 12.4 Å². The van der Waals surface area contributed by atoms with Crippen LogP contribution in [0.25, 0.3) is 0 Å². The van der Waals surface area contributed by atoms with Crippen LogP contribution in [0, 0.1) is 5.92 Å². The van der Waals surface area contributed by atoms with Crippen LogP contribution in [0.3, 0.4) is 0 Å². The SMILES string of the molecule is CCCN(C(=O)[C@H]1CCN[C@@H](C)C1)C1CCc2ccccc2C1.Cl. The summed E-state index contributed by atoms with van der Waals surface area (Å²) in [6.45, 7) is 6.26. The standard InChI is InChI=1S/C20H30N2O.ClH/c1-3-12-22(20(23)18-10-11-21-15(2)13-18)19-9-8-16-6-4-5-7-17(16)14-19;/h4-7,15,18-19,21H,3,8-14H2,1-2H3;1H/t15-,18-,19?;/m0./s1. The van der Waals surface area contributed by atoms with Gasteiger partial charge in [0.25, 0.3) is 0 Å². The second-order valence-electron chi connectivity index (χ2n) is 7.27. The number of fused-ring (bicyclic) bond motifs is 1. The maximum Gasteiger partial charge on any atom is 0.226 e. The molecule has 3 rings (SSSR count). The first-order valence-electron chi connectivity index (χ1n) is 9.29. The zero-order valence-electron chi connectivity index (χ0n) is 15.0. The van der Waals surface area contributed by atoms with Crippen molar-refractivity contribution < 1.29 is 4.79 Å². The first kappa shape index (κ1) is 19.3. The third-order valence-electron chi connectivity index (χ3n) is 5.48. The molecule has 24 heavy (non-hydrogen) atoms. The summed E-state index contributed by atoms with van der Waals surface area (Å²) in [6, 6.07) is 9.59. The van der Waals surface area contributed by atoms with Crippen molar-refractivity contribution in [1.29, 1.82) is 0 Å². The van der Waals surface area contributed by atoms with Crippen molar-refractivity contribution >= 4 is 18.3 Å². The van der Waals surface area contributed by atoms with Crippen LogP contribution in [0.2, 0.25) is 0 Å². The van der Waals surface area contributed by atoms with E-state index >= 15 is 0 Å². The molecule has 1 fully saturated rings. The minimum Gasteiger partial charge on any atom is -0.339 e. The second-order valence-corrected chi connectivity index (χ2v) is 7.27. The van der Waals surface area contributed by atoms with Gasteiger partial charge in [0.2, 0.25) is 5.91 Å². The Hall–Kier alpha value is -1.06. The third kappa shape index (κ3) is 4.31. The lowest BCUT2D eigenvalue weighted by Crippen LogP contribution is -2.49. The molecule has 1 saturated heterocycles. The molecule has 1 aromatic carbocycles. The van der Waals surface area contributed by atoms with Gasteiger partial charge in [-0.1, -0.05) is 31.2 Å². The number of benzene rings is 1. The molecule has 1 aromatic rings. The number of nitrogens with one attached hydrogen (secondary N) is 1. The quantitative estimate of drug-likeness (QED) is 0.900. The van der Waals surface area contributed by atoms with Gasteiger partial charge in [0.15, 0.2) is 0 Å². The minimum absolute atomic E-state index is 0. The van der Waals surface area contributed by atoms with E-state index < -0.39 is 0 Å². The van der Waals surface area contributed by atoms with Gasteiger partial charge in [-0.25, -0.2) is 0 Å². The van der Waals surface area contributed by atoms with E-state index in [1.54, 1.807) is 0 Å². The van der Waals surface area contributed by atoms with Crippen LogP contribution in [0.15, 0.2) is 24.3 Å². The number of rotatable bonds is 4. The number of aryl methyl sites for hydroxylation is 1. The lowest BCUT2D eigenvalue weighted by molar-refractivity contribution is -0.139. The Morgan fingerprint density at radius 3 is 2.71 bits per heavy atom. The van der Waals surface area contributed by atoms with E-state index in [4.69, 9.17) is 0 Å². The first-order chi connectivity index (χ1) is 11.2. The number of carbonyl (C=O) groups is 1. The van der Waals surface area contributed by atoms with Gasteiger partial charge in [-0.15, -0.1) is 12.4 Å². The van der Waals surface area contributed by atoms with Crippen LogP contribution in [-0.4, -0.2) is 36.0 Å². The number of nitrogens with zero attached hydrogens (tertiary/aromatic N) is 1. The second kappa shape index (κ2) is 8.87. The summed E-state index contributed by atoms with van der Waals surface area (Å²) >= 11 is 0. The molecule has 1 N–H and O–H groups in total. The molecule has 4 heteroatoms. The van der Waals surface area contributed by atoms with Crippen molar-refractivity contribution in [3.05, 3.63) is 35.4 Å². The van der Waals surface area contributed by atoms with E-state index in [0.717, 1.165) is 51.6 Å². The molecule has 2 aliphatic rings. The smallest absolute Gasteiger partial charge is 0.226 e. The van der Waals surface area contributed by atoms with Gasteiger partial charge in [0.05, 0.1) is 0 Å². The highest BCUT2D eigenvalue weighted by molar-refractivity contribution is 5.85. The molecule has 3 nitrogen and oxygen atoms in total. The molecule has 0 radical (unpaired) electrons. The molecule has 134 valence electrons. The van der Waals surface area contributed by atoms with E-state index in [2.05, 4.69) is 48.3 Å². The summed E-state index contributed by atoms with van der Waals surface area (Å²) in [6.07, 6.45) is 6.28.